The number of hydrogen-bond acceptors (Lipinski definition) is 6. The van der Waals surface area contributed by atoms with Crippen LogP contribution in [0.15, 0.2) is 18.2 Å². The lowest BCUT2D eigenvalue weighted by Crippen LogP contribution is -2.19. The first-order valence-electron chi connectivity index (χ1n) is 10.7. The molecule has 6 nitrogen and oxygen atoms in total. The summed E-state index contributed by atoms with van der Waals surface area (Å²) in [7, 11) is 0. The van der Waals surface area contributed by atoms with E-state index >= 15 is 0 Å². The predicted octanol–water partition coefficient (Wildman–Crippen LogP) is 5.83. The fourth-order valence-corrected chi connectivity index (χ4v) is 4.75. The molecule has 3 rings (SSSR count). The van der Waals surface area contributed by atoms with Crippen molar-refractivity contribution >= 4 is 28.2 Å². The number of hydrogen-bond donors (Lipinski definition) is 1. The molecule has 1 aromatic heterocycles. The molecular formula is C23H27F2NO5S. The van der Waals surface area contributed by atoms with Gasteiger partial charge in [-0.15, -0.1) is 11.3 Å². The lowest BCUT2D eigenvalue weighted by atomic mass is 9.95. The van der Waals surface area contributed by atoms with Gasteiger partial charge in [-0.25, -0.2) is 4.79 Å². The van der Waals surface area contributed by atoms with E-state index in [4.69, 9.17) is 9.47 Å². The average Bonchev–Trinajstić information content (AvgIpc) is 3.12. The molecule has 32 heavy (non-hydrogen) atoms. The van der Waals surface area contributed by atoms with E-state index in [0.29, 0.717) is 17.0 Å². The van der Waals surface area contributed by atoms with Crippen LogP contribution in [0.4, 0.5) is 13.8 Å². The van der Waals surface area contributed by atoms with Crippen LogP contribution >= 0.6 is 11.3 Å². The number of carbonyl (C=O) groups excluding carboxylic acids is 2. The minimum atomic E-state index is -3.01. The number of carbonyl (C=O) groups is 2. The fraction of sp³-hybridized carbons (Fsp3) is 0.478. The molecular weight excluding hydrogens is 440 g/mol. The van der Waals surface area contributed by atoms with Gasteiger partial charge in [-0.3, -0.25) is 4.79 Å². The minimum Gasteiger partial charge on any atom is -0.490 e. The summed E-state index contributed by atoms with van der Waals surface area (Å²) in [5, 5.41) is 3.27. The Morgan fingerprint density at radius 3 is 2.59 bits per heavy atom. The summed E-state index contributed by atoms with van der Waals surface area (Å²) in [6, 6.07) is 3.99. The Balaban J connectivity index is 1.89. The van der Waals surface area contributed by atoms with Gasteiger partial charge in [0.25, 0.3) is 5.91 Å². The number of aryl methyl sites for hydroxylation is 1. The molecule has 0 radical (unpaired) electrons. The second kappa shape index (κ2) is 10.8. The summed E-state index contributed by atoms with van der Waals surface area (Å²) < 4.78 is 40.6. The monoisotopic (exact) mass is 467 g/mol. The zero-order valence-electron chi connectivity index (χ0n) is 18.3. The fourth-order valence-electron chi connectivity index (χ4n) is 3.48. The highest BCUT2D eigenvalue weighted by Crippen LogP contribution is 2.39. The van der Waals surface area contributed by atoms with E-state index in [9.17, 15) is 18.4 Å². The SMILES string of the molecule is CCOc1cc(C(=O)Nc2sc3c(c2C(=O)O[C@H](C)CC)CCCC3)ccc1OC(F)F. The van der Waals surface area contributed by atoms with Gasteiger partial charge in [-0.05, 0) is 69.7 Å². The third-order valence-corrected chi connectivity index (χ3v) is 6.41. The first kappa shape index (κ1) is 24.0. The Labute approximate surface area is 189 Å². The van der Waals surface area contributed by atoms with E-state index in [-0.39, 0.29) is 29.8 Å². The zero-order chi connectivity index (χ0) is 23.3. The molecule has 0 aliphatic heterocycles. The van der Waals surface area contributed by atoms with E-state index in [0.717, 1.165) is 36.1 Å². The molecule has 0 bridgehead atoms. The molecule has 0 spiro atoms. The number of amides is 1. The van der Waals surface area contributed by atoms with E-state index in [2.05, 4.69) is 10.1 Å². The van der Waals surface area contributed by atoms with Crippen molar-refractivity contribution in [3.05, 3.63) is 39.8 Å². The Bertz CT molecular complexity index is 976. The van der Waals surface area contributed by atoms with Crippen LogP contribution in [-0.2, 0) is 17.6 Å². The third kappa shape index (κ3) is 5.56. The highest BCUT2D eigenvalue weighted by molar-refractivity contribution is 7.17. The Morgan fingerprint density at radius 2 is 1.91 bits per heavy atom. The molecule has 0 saturated carbocycles. The van der Waals surface area contributed by atoms with Crippen molar-refractivity contribution in [1.29, 1.82) is 0 Å². The van der Waals surface area contributed by atoms with E-state index in [1.54, 1.807) is 6.92 Å². The Morgan fingerprint density at radius 1 is 1.16 bits per heavy atom. The summed E-state index contributed by atoms with van der Waals surface area (Å²) in [4.78, 5) is 26.9. The number of esters is 1. The minimum absolute atomic E-state index is 0.0438. The summed E-state index contributed by atoms with van der Waals surface area (Å²) in [6.45, 7) is 2.66. The van der Waals surface area contributed by atoms with Crippen molar-refractivity contribution in [3.63, 3.8) is 0 Å². The maximum absolute atomic E-state index is 13.0. The van der Waals surface area contributed by atoms with Crippen LogP contribution in [0.3, 0.4) is 0 Å². The molecule has 1 aliphatic rings. The molecule has 2 aromatic rings. The second-order valence-corrected chi connectivity index (χ2v) is 8.57. The lowest BCUT2D eigenvalue weighted by Gasteiger charge is -2.15. The summed E-state index contributed by atoms with van der Waals surface area (Å²) >= 11 is 1.39. The van der Waals surface area contributed by atoms with Crippen LogP contribution in [0.25, 0.3) is 0 Å². The van der Waals surface area contributed by atoms with Crippen molar-refractivity contribution in [2.75, 3.05) is 11.9 Å². The van der Waals surface area contributed by atoms with Gasteiger partial charge in [0.2, 0.25) is 0 Å². The summed E-state index contributed by atoms with van der Waals surface area (Å²) in [5.74, 6) is -1.03. The standard InChI is InChI=1S/C23H27F2NO5S/c1-4-13(3)30-22(28)19-15-8-6-7-9-18(15)32-21(19)26-20(27)14-10-11-16(31-23(24)25)17(12-14)29-5-2/h10-13,23H,4-9H2,1-3H3,(H,26,27)/t13-/m1/s1. The van der Waals surface area contributed by atoms with Gasteiger partial charge >= 0.3 is 12.6 Å². The van der Waals surface area contributed by atoms with Crippen LogP contribution in [0.5, 0.6) is 11.5 Å². The first-order chi connectivity index (χ1) is 15.3. The summed E-state index contributed by atoms with van der Waals surface area (Å²) in [6.07, 6.45) is 4.08. The van der Waals surface area contributed by atoms with Crippen LogP contribution in [0.1, 0.15) is 71.2 Å². The number of fused-ring (bicyclic) bond motifs is 1. The molecule has 0 unspecified atom stereocenters. The molecule has 0 saturated heterocycles. The number of halogens is 2. The molecule has 1 N–H and O–H groups in total. The quantitative estimate of drug-likeness (QED) is 0.470. The average molecular weight is 468 g/mol. The molecule has 0 fully saturated rings. The first-order valence-corrected chi connectivity index (χ1v) is 11.5. The number of thiophene rings is 1. The second-order valence-electron chi connectivity index (χ2n) is 7.47. The van der Waals surface area contributed by atoms with Crippen molar-refractivity contribution in [3.8, 4) is 11.5 Å². The van der Waals surface area contributed by atoms with Gasteiger partial charge in [0.1, 0.15) is 5.00 Å². The molecule has 174 valence electrons. The Kier molecular flexibility index (Phi) is 8.06. The van der Waals surface area contributed by atoms with Gasteiger partial charge in [-0.1, -0.05) is 6.92 Å². The van der Waals surface area contributed by atoms with Gasteiger partial charge in [0.15, 0.2) is 11.5 Å². The van der Waals surface area contributed by atoms with Crippen molar-refractivity contribution in [2.45, 2.75) is 65.6 Å². The van der Waals surface area contributed by atoms with Crippen molar-refractivity contribution < 1.29 is 32.6 Å². The lowest BCUT2D eigenvalue weighted by molar-refractivity contribution is -0.0514. The normalized spacial score (nSPS) is 13.9. The van der Waals surface area contributed by atoms with Crippen LogP contribution in [0.2, 0.25) is 0 Å². The Hall–Kier alpha value is -2.68. The van der Waals surface area contributed by atoms with Crippen LogP contribution < -0.4 is 14.8 Å². The van der Waals surface area contributed by atoms with Gasteiger partial charge in [-0.2, -0.15) is 8.78 Å². The van der Waals surface area contributed by atoms with E-state index in [1.165, 1.54) is 29.5 Å². The topological polar surface area (TPSA) is 73.9 Å². The van der Waals surface area contributed by atoms with Crippen LogP contribution in [-0.4, -0.2) is 31.2 Å². The van der Waals surface area contributed by atoms with Gasteiger partial charge < -0.3 is 19.5 Å². The number of benzene rings is 1. The molecule has 1 atom stereocenters. The van der Waals surface area contributed by atoms with Gasteiger partial charge in [0, 0.05) is 10.4 Å². The number of alkyl halides is 2. The van der Waals surface area contributed by atoms with E-state index < -0.39 is 18.5 Å². The maximum atomic E-state index is 13.0. The molecule has 1 amide bonds. The number of rotatable bonds is 9. The highest BCUT2D eigenvalue weighted by atomic mass is 32.1. The zero-order valence-corrected chi connectivity index (χ0v) is 19.2. The predicted molar refractivity (Wildman–Crippen MR) is 118 cm³/mol. The number of anilines is 1. The van der Waals surface area contributed by atoms with Crippen LogP contribution in [0, 0.1) is 0 Å². The largest absolute Gasteiger partial charge is 0.490 e. The smallest absolute Gasteiger partial charge is 0.387 e. The van der Waals surface area contributed by atoms with Crippen molar-refractivity contribution in [1.82, 2.24) is 0 Å². The third-order valence-electron chi connectivity index (χ3n) is 5.21. The highest BCUT2D eigenvalue weighted by Gasteiger charge is 2.28. The maximum Gasteiger partial charge on any atom is 0.387 e. The van der Waals surface area contributed by atoms with E-state index in [1.807, 2.05) is 13.8 Å². The molecule has 1 heterocycles. The van der Waals surface area contributed by atoms with Gasteiger partial charge in [0.05, 0.1) is 18.3 Å². The molecule has 1 aromatic carbocycles. The van der Waals surface area contributed by atoms with Crippen molar-refractivity contribution in [2.24, 2.45) is 0 Å². The number of ether oxygens (including phenoxy) is 3. The molecule has 1 aliphatic carbocycles. The summed E-state index contributed by atoms with van der Waals surface area (Å²) in [5.41, 5.74) is 1.56. The molecule has 9 heteroatoms. The number of nitrogens with one attached hydrogen (secondary N) is 1.